The average molecular weight is 258 g/mol. The third-order valence-electron chi connectivity index (χ3n) is 1.42. The van der Waals surface area contributed by atoms with Crippen molar-refractivity contribution in [3.8, 4) is 11.9 Å². The number of pyridine rings is 1. The molecule has 0 aromatic carbocycles. The molecule has 0 aliphatic carbocycles. The van der Waals surface area contributed by atoms with Crippen molar-refractivity contribution in [3.63, 3.8) is 0 Å². The molecule has 72 valence electrons. The van der Waals surface area contributed by atoms with Gasteiger partial charge in [-0.1, -0.05) is 0 Å². The predicted molar refractivity (Wildman–Crippen MR) is 49.9 cm³/mol. The minimum absolute atomic E-state index is 0.146. The molecule has 1 aromatic heterocycles. The van der Waals surface area contributed by atoms with E-state index in [9.17, 15) is 10.1 Å². The van der Waals surface area contributed by atoms with Gasteiger partial charge in [-0.2, -0.15) is 10.2 Å². The van der Waals surface area contributed by atoms with Crippen molar-refractivity contribution in [2.45, 2.75) is 0 Å². The van der Waals surface area contributed by atoms with E-state index in [2.05, 4.69) is 20.9 Å². The number of hydrogen-bond donors (Lipinski definition) is 0. The quantitative estimate of drug-likeness (QED) is 0.594. The van der Waals surface area contributed by atoms with Gasteiger partial charge in [-0.15, -0.1) is 0 Å². The minimum atomic E-state index is -0.671. The van der Waals surface area contributed by atoms with Gasteiger partial charge in [0, 0.05) is 6.07 Å². The SMILES string of the molecule is COc1nc(C#N)c([N+](=O)[O-])cc1Br. The summed E-state index contributed by atoms with van der Waals surface area (Å²) in [7, 11) is 1.36. The average Bonchev–Trinajstić information content (AvgIpc) is 2.17. The van der Waals surface area contributed by atoms with E-state index in [1.165, 1.54) is 13.2 Å². The molecule has 0 spiro atoms. The minimum Gasteiger partial charge on any atom is -0.480 e. The molecule has 14 heavy (non-hydrogen) atoms. The fourth-order valence-corrected chi connectivity index (χ4v) is 1.29. The summed E-state index contributed by atoms with van der Waals surface area (Å²) in [6.45, 7) is 0. The molecule has 0 saturated heterocycles. The predicted octanol–water partition coefficient (Wildman–Crippen LogP) is 1.63. The topological polar surface area (TPSA) is 89.0 Å². The summed E-state index contributed by atoms with van der Waals surface area (Å²) in [6.07, 6.45) is 0. The van der Waals surface area contributed by atoms with Gasteiger partial charge in [-0.25, -0.2) is 0 Å². The molecule has 0 bridgehead atoms. The molecule has 0 N–H and O–H groups in total. The van der Waals surface area contributed by atoms with Crippen LogP contribution in [0.5, 0.6) is 5.88 Å². The molecule has 6 nitrogen and oxygen atoms in total. The summed E-state index contributed by atoms with van der Waals surface area (Å²) in [5.41, 5.74) is -0.616. The lowest BCUT2D eigenvalue weighted by Gasteiger charge is -2.01. The third-order valence-corrected chi connectivity index (χ3v) is 1.99. The Labute approximate surface area is 87.4 Å². The second-order valence-corrected chi connectivity index (χ2v) is 3.07. The smallest absolute Gasteiger partial charge is 0.307 e. The van der Waals surface area contributed by atoms with E-state index < -0.39 is 4.92 Å². The second kappa shape index (κ2) is 4.02. The fourth-order valence-electron chi connectivity index (χ4n) is 0.827. The van der Waals surface area contributed by atoms with Gasteiger partial charge >= 0.3 is 5.69 Å². The standard InChI is InChI=1S/C7H4BrN3O3/c1-14-7-4(8)2-6(11(12)13)5(3-9)10-7/h2H,1H3. The summed E-state index contributed by atoms with van der Waals surface area (Å²) in [4.78, 5) is 13.5. The fraction of sp³-hybridized carbons (Fsp3) is 0.143. The van der Waals surface area contributed by atoms with Crippen molar-refractivity contribution >= 4 is 21.6 Å². The highest BCUT2D eigenvalue weighted by molar-refractivity contribution is 9.10. The molecule has 0 aliphatic rings. The third kappa shape index (κ3) is 1.80. The molecule has 0 saturated carbocycles. The maximum absolute atomic E-state index is 10.5. The number of aromatic nitrogens is 1. The van der Waals surface area contributed by atoms with Crippen LogP contribution >= 0.6 is 15.9 Å². The Hall–Kier alpha value is -1.68. The van der Waals surface area contributed by atoms with Crippen LogP contribution in [0.2, 0.25) is 0 Å². The van der Waals surface area contributed by atoms with Gasteiger partial charge in [0.15, 0.2) is 0 Å². The molecule has 0 radical (unpaired) electrons. The van der Waals surface area contributed by atoms with Gasteiger partial charge in [0.1, 0.15) is 6.07 Å². The van der Waals surface area contributed by atoms with Crippen molar-refractivity contribution in [1.82, 2.24) is 4.98 Å². The monoisotopic (exact) mass is 257 g/mol. The Bertz CT molecular complexity index is 427. The molecule has 1 rings (SSSR count). The molecule has 0 fully saturated rings. The summed E-state index contributed by atoms with van der Waals surface area (Å²) < 4.78 is 5.13. The lowest BCUT2D eigenvalue weighted by atomic mass is 10.3. The first-order valence-electron chi connectivity index (χ1n) is 3.39. The lowest BCUT2D eigenvalue weighted by Crippen LogP contribution is -1.98. The highest BCUT2D eigenvalue weighted by Crippen LogP contribution is 2.28. The van der Waals surface area contributed by atoms with Gasteiger partial charge in [0.25, 0.3) is 0 Å². The largest absolute Gasteiger partial charge is 0.480 e. The first-order valence-corrected chi connectivity index (χ1v) is 4.18. The van der Waals surface area contributed by atoms with E-state index in [1.807, 2.05) is 0 Å². The number of ether oxygens (including phenoxy) is 1. The van der Waals surface area contributed by atoms with Crippen LogP contribution in [0.15, 0.2) is 10.5 Å². The number of rotatable bonds is 2. The molecule has 0 unspecified atom stereocenters. The number of halogens is 1. The number of nitro groups is 1. The van der Waals surface area contributed by atoms with E-state index in [4.69, 9.17) is 10.00 Å². The molecular weight excluding hydrogens is 254 g/mol. The highest BCUT2D eigenvalue weighted by Gasteiger charge is 2.18. The Kier molecular flexibility index (Phi) is 2.99. The van der Waals surface area contributed by atoms with E-state index in [1.54, 1.807) is 6.07 Å². The van der Waals surface area contributed by atoms with E-state index in [-0.39, 0.29) is 17.3 Å². The zero-order valence-electron chi connectivity index (χ0n) is 7.02. The Morgan fingerprint density at radius 1 is 1.79 bits per heavy atom. The summed E-state index contributed by atoms with van der Waals surface area (Å²) in [5.74, 6) is 0.146. The van der Waals surface area contributed by atoms with Gasteiger partial charge in [-0.05, 0) is 15.9 Å². The second-order valence-electron chi connectivity index (χ2n) is 2.22. The van der Waals surface area contributed by atoms with Crippen molar-refractivity contribution in [3.05, 3.63) is 26.3 Å². The maximum atomic E-state index is 10.5. The first kappa shape index (κ1) is 10.4. The van der Waals surface area contributed by atoms with Gasteiger partial charge in [0.2, 0.25) is 11.6 Å². The number of methoxy groups -OCH3 is 1. The molecule has 0 atom stereocenters. The molecular formula is C7H4BrN3O3. The Balaban J connectivity index is 3.41. The zero-order chi connectivity index (χ0) is 10.7. The molecule has 7 heteroatoms. The van der Waals surface area contributed by atoms with Crippen LogP contribution in [0.4, 0.5) is 5.69 Å². The Morgan fingerprint density at radius 2 is 2.43 bits per heavy atom. The van der Waals surface area contributed by atoms with E-state index in [0.717, 1.165) is 0 Å². The van der Waals surface area contributed by atoms with Crippen LogP contribution in [0, 0.1) is 21.4 Å². The summed E-state index contributed by atoms with van der Waals surface area (Å²) in [5, 5.41) is 19.1. The van der Waals surface area contributed by atoms with E-state index >= 15 is 0 Å². The summed E-state index contributed by atoms with van der Waals surface area (Å²) >= 11 is 3.04. The highest BCUT2D eigenvalue weighted by atomic mass is 79.9. The Morgan fingerprint density at radius 3 is 2.86 bits per heavy atom. The molecule has 1 aromatic rings. The van der Waals surface area contributed by atoms with Crippen LogP contribution in [-0.4, -0.2) is 17.0 Å². The van der Waals surface area contributed by atoms with Gasteiger partial charge in [0.05, 0.1) is 16.5 Å². The van der Waals surface area contributed by atoms with Crippen LogP contribution in [0.25, 0.3) is 0 Å². The van der Waals surface area contributed by atoms with Crippen LogP contribution in [0.3, 0.4) is 0 Å². The van der Waals surface area contributed by atoms with Crippen molar-refractivity contribution in [2.75, 3.05) is 7.11 Å². The van der Waals surface area contributed by atoms with Gasteiger partial charge in [-0.3, -0.25) is 10.1 Å². The zero-order valence-corrected chi connectivity index (χ0v) is 8.61. The van der Waals surface area contributed by atoms with Gasteiger partial charge < -0.3 is 4.74 Å². The molecule has 0 aliphatic heterocycles. The van der Waals surface area contributed by atoms with E-state index in [0.29, 0.717) is 4.47 Å². The van der Waals surface area contributed by atoms with Crippen molar-refractivity contribution < 1.29 is 9.66 Å². The van der Waals surface area contributed by atoms with Crippen molar-refractivity contribution in [2.24, 2.45) is 0 Å². The lowest BCUT2D eigenvalue weighted by molar-refractivity contribution is -0.385. The summed E-state index contributed by atoms with van der Waals surface area (Å²) in [6, 6.07) is 2.81. The normalized spacial score (nSPS) is 9.21. The van der Waals surface area contributed by atoms with Crippen LogP contribution in [-0.2, 0) is 0 Å². The molecule has 1 heterocycles. The first-order chi connectivity index (χ1) is 6.60. The number of hydrogen-bond acceptors (Lipinski definition) is 5. The number of nitriles is 1. The number of nitrogens with zero attached hydrogens (tertiary/aromatic N) is 3. The maximum Gasteiger partial charge on any atom is 0.307 e. The van der Waals surface area contributed by atoms with Crippen LogP contribution in [0.1, 0.15) is 5.69 Å². The molecule has 0 amide bonds. The van der Waals surface area contributed by atoms with Crippen LogP contribution < -0.4 is 4.74 Å². The van der Waals surface area contributed by atoms with Crippen molar-refractivity contribution in [1.29, 1.82) is 5.26 Å².